The number of carbonyl (C=O) groups is 1. The van der Waals surface area contributed by atoms with Gasteiger partial charge in [-0.3, -0.25) is 0 Å². The van der Waals surface area contributed by atoms with Gasteiger partial charge in [0.2, 0.25) is 0 Å². The molecular weight excluding hydrogens is 386 g/mol. The number of aromatic nitrogens is 3. The third-order valence-electron chi connectivity index (χ3n) is 7.41. The van der Waals surface area contributed by atoms with E-state index in [2.05, 4.69) is 14.8 Å². The molecule has 3 fully saturated rings. The van der Waals surface area contributed by atoms with Crippen molar-refractivity contribution in [2.24, 2.45) is 12.5 Å². The van der Waals surface area contributed by atoms with Crippen LogP contribution in [0, 0.1) is 5.41 Å². The first-order valence-electron chi connectivity index (χ1n) is 10.7. The van der Waals surface area contributed by atoms with Gasteiger partial charge in [0.25, 0.3) is 0 Å². The number of ketones is 1. The smallest absolute Gasteiger partial charge is 0.165 e. The van der Waals surface area contributed by atoms with Crippen molar-refractivity contribution >= 4 is 17.4 Å². The van der Waals surface area contributed by atoms with Crippen LogP contribution < -0.4 is 0 Å². The SMILES string of the molecule is CC(=O)CCCC12CCCC(c3nnc(-c4ccc(O)cc4Cl)n3C)(CC1)CC2. The molecule has 29 heavy (non-hydrogen) atoms. The molecule has 0 saturated heterocycles. The first-order valence-corrected chi connectivity index (χ1v) is 11.1. The summed E-state index contributed by atoms with van der Waals surface area (Å²) in [6.45, 7) is 1.70. The van der Waals surface area contributed by atoms with Crippen molar-refractivity contribution < 1.29 is 9.90 Å². The van der Waals surface area contributed by atoms with Crippen molar-refractivity contribution in [3.63, 3.8) is 0 Å². The molecule has 3 aliphatic rings. The highest BCUT2D eigenvalue weighted by Gasteiger charge is 2.48. The van der Waals surface area contributed by atoms with E-state index in [1.807, 2.05) is 7.05 Å². The van der Waals surface area contributed by atoms with E-state index in [1.165, 1.54) is 32.1 Å². The summed E-state index contributed by atoms with van der Waals surface area (Å²) in [7, 11) is 2.03. The number of nitrogens with zero attached hydrogens (tertiary/aromatic N) is 3. The molecule has 1 N–H and O–H groups in total. The van der Waals surface area contributed by atoms with Crippen molar-refractivity contribution in [1.29, 1.82) is 0 Å². The van der Waals surface area contributed by atoms with E-state index in [4.69, 9.17) is 11.6 Å². The topological polar surface area (TPSA) is 68.0 Å². The van der Waals surface area contributed by atoms with E-state index in [9.17, 15) is 9.90 Å². The fraction of sp³-hybridized carbons (Fsp3) is 0.609. The lowest BCUT2D eigenvalue weighted by Gasteiger charge is -2.42. The number of hydrogen-bond donors (Lipinski definition) is 1. The van der Waals surface area contributed by atoms with Crippen molar-refractivity contribution in [3.8, 4) is 17.1 Å². The second kappa shape index (κ2) is 7.75. The van der Waals surface area contributed by atoms with Crippen molar-refractivity contribution in [2.45, 2.75) is 76.5 Å². The molecule has 1 aromatic carbocycles. The monoisotopic (exact) mass is 415 g/mol. The lowest BCUT2D eigenvalue weighted by atomic mass is 9.63. The zero-order valence-electron chi connectivity index (χ0n) is 17.4. The molecule has 3 aliphatic carbocycles. The molecule has 3 saturated carbocycles. The highest BCUT2D eigenvalue weighted by molar-refractivity contribution is 6.33. The zero-order valence-corrected chi connectivity index (χ0v) is 18.1. The third-order valence-corrected chi connectivity index (χ3v) is 7.72. The predicted molar refractivity (Wildman–Crippen MR) is 114 cm³/mol. The normalized spacial score (nSPS) is 26.4. The van der Waals surface area contributed by atoms with Crippen LogP contribution in [0.1, 0.15) is 77.0 Å². The van der Waals surface area contributed by atoms with Gasteiger partial charge in [0.05, 0.1) is 5.02 Å². The number of carbonyl (C=O) groups excluding carboxylic acids is 1. The van der Waals surface area contributed by atoms with Crippen molar-refractivity contribution in [3.05, 3.63) is 29.0 Å². The molecule has 1 heterocycles. The molecule has 0 unspecified atom stereocenters. The van der Waals surface area contributed by atoms with Crippen LogP contribution in [0.15, 0.2) is 18.2 Å². The number of phenols is 1. The van der Waals surface area contributed by atoms with Crippen LogP contribution in [0.2, 0.25) is 5.02 Å². The van der Waals surface area contributed by atoms with Gasteiger partial charge in [0.15, 0.2) is 5.82 Å². The van der Waals surface area contributed by atoms with Gasteiger partial charge in [0.1, 0.15) is 17.4 Å². The highest BCUT2D eigenvalue weighted by atomic mass is 35.5. The molecule has 2 bridgehead atoms. The Kier molecular flexibility index (Phi) is 5.45. The average Bonchev–Trinajstić information content (AvgIpc) is 2.86. The van der Waals surface area contributed by atoms with Crippen LogP contribution in [0.4, 0.5) is 0 Å². The van der Waals surface area contributed by atoms with Crippen LogP contribution >= 0.6 is 11.6 Å². The average molecular weight is 416 g/mol. The first kappa shape index (κ1) is 20.4. The van der Waals surface area contributed by atoms with Gasteiger partial charge in [0, 0.05) is 24.4 Å². The van der Waals surface area contributed by atoms with E-state index in [0.717, 1.165) is 42.9 Å². The second-order valence-corrected chi connectivity index (χ2v) is 9.67. The number of benzene rings is 1. The number of fused-ring (bicyclic) bond motifs is 4. The maximum absolute atomic E-state index is 11.4. The zero-order chi connectivity index (χ0) is 20.6. The molecule has 0 spiro atoms. The van der Waals surface area contributed by atoms with E-state index >= 15 is 0 Å². The minimum Gasteiger partial charge on any atom is -0.508 e. The summed E-state index contributed by atoms with van der Waals surface area (Å²) >= 11 is 6.36. The number of phenolic OH excluding ortho intramolecular Hbond substituents is 1. The molecule has 2 aromatic rings. The Balaban J connectivity index is 1.57. The molecule has 156 valence electrons. The summed E-state index contributed by atoms with van der Waals surface area (Å²) in [5.74, 6) is 2.27. The standard InChI is InChI=1S/C23H30ClN3O2/c1-16(28)5-3-8-22-9-4-10-23(13-11-22,14-12-22)21-26-25-20(27(21)2)18-7-6-17(29)15-19(18)24/h6-7,15,29H,3-5,8-14H2,1-2H3. The fourth-order valence-corrected chi connectivity index (χ4v) is 5.95. The summed E-state index contributed by atoms with van der Waals surface area (Å²) in [4.78, 5) is 11.4. The summed E-state index contributed by atoms with van der Waals surface area (Å²) in [6.07, 6.45) is 11.3. The number of rotatable bonds is 6. The molecule has 0 aliphatic heterocycles. The maximum atomic E-state index is 11.4. The Bertz CT molecular complexity index is 913. The van der Waals surface area contributed by atoms with Gasteiger partial charge in [-0.05, 0) is 81.9 Å². The Hall–Kier alpha value is -1.88. The fourth-order valence-electron chi connectivity index (χ4n) is 5.69. The predicted octanol–water partition coefficient (Wildman–Crippen LogP) is 5.58. The molecule has 5 rings (SSSR count). The van der Waals surface area contributed by atoms with Gasteiger partial charge in [-0.2, -0.15) is 0 Å². The Morgan fingerprint density at radius 2 is 1.93 bits per heavy atom. The summed E-state index contributed by atoms with van der Waals surface area (Å²) in [6, 6.07) is 4.98. The van der Waals surface area contributed by atoms with E-state index in [-0.39, 0.29) is 11.2 Å². The molecule has 0 amide bonds. The van der Waals surface area contributed by atoms with Crippen LogP contribution in [-0.4, -0.2) is 25.7 Å². The van der Waals surface area contributed by atoms with Gasteiger partial charge in [-0.25, -0.2) is 0 Å². The van der Waals surface area contributed by atoms with Crippen molar-refractivity contribution in [2.75, 3.05) is 0 Å². The van der Waals surface area contributed by atoms with Gasteiger partial charge in [-0.1, -0.05) is 18.0 Å². The van der Waals surface area contributed by atoms with E-state index < -0.39 is 0 Å². The van der Waals surface area contributed by atoms with Gasteiger partial charge >= 0.3 is 0 Å². The molecule has 1 aromatic heterocycles. The Morgan fingerprint density at radius 3 is 2.62 bits per heavy atom. The van der Waals surface area contributed by atoms with E-state index in [0.29, 0.717) is 22.6 Å². The largest absolute Gasteiger partial charge is 0.508 e. The van der Waals surface area contributed by atoms with Crippen LogP contribution in [0.3, 0.4) is 0 Å². The van der Waals surface area contributed by atoms with Gasteiger partial charge < -0.3 is 14.5 Å². The van der Waals surface area contributed by atoms with Gasteiger partial charge in [-0.15, -0.1) is 10.2 Å². The maximum Gasteiger partial charge on any atom is 0.165 e. The minimum absolute atomic E-state index is 0.0873. The quantitative estimate of drug-likeness (QED) is 0.668. The third kappa shape index (κ3) is 3.81. The molecule has 0 atom stereocenters. The summed E-state index contributed by atoms with van der Waals surface area (Å²) in [5, 5.41) is 19.3. The van der Waals surface area contributed by atoms with Crippen molar-refractivity contribution in [1.82, 2.24) is 14.8 Å². The lowest BCUT2D eigenvalue weighted by molar-refractivity contribution is -0.117. The van der Waals surface area contributed by atoms with E-state index in [1.54, 1.807) is 25.1 Å². The summed E-state index contributed by atoms with van der Waals surface area (Å²) < 4.78 is 2.10. The molecular formula is C23H30ClN3O2. The number of aromatic hydroxyl groups is 1. The Labute approximate surface area is 177 Å². The molecule has 5 nitrogen and oxygen atoms in total. The Morgan fingerprint density at radius 1 is 1.17 bits per heavy atom. The summed E-state index contributed by atoms with van der Waals surface area (Å²) in [5.41, 5.74) is 1.30. The van der Waals surface area contributed by atoms with Crippen LogP contribution in [0.25, 0.3) is 11.4 Å². The van der Waals surface area contributed by atoms with Crippen LogP contribution in [0.5, 0.6) is 5.75 Å². The van der Waals surface area contributed by atoms with Crippen LogP contribution in [-0.2, 0) is 17.3 Å². The first-order chi connectivity index (χ1) is 13.8. The lowest BCUT2D eigenvalue weighted by Crippen LogP contribution is -2.36. The molecule has 6 heteroatoms. The highest BCUT2D eigenvalue weighted by Crippen LogP contribution is 2.56. The number of Topliss-reactive ketones (excluding diaryl/α,β-unsaturated/α-hetero) is 1. The molecule has 0 radical (unpaired) electrons. The number of hydrogen-bond acceptors (Lipinski definition) is 4. The second-order valence-electron chi connectivity index (χ2n) is 9.26. The number of halogens is 1. The minimum atomic E-state index is 0.0873.